The number of anilines is 1. The third-order valence-electron chi connectivity index (χ3n) is 4.33. The fraction of sp³-hybridized carbons (Fsp3) is 0.130. The zero-order chi connectivity index (χ0) is 20.8. The molecule has 0 aromatic heterocycles. The molecule has 3 aromatic carbocycles. The summed E-state index contributed by atoms with van der Waals surface area (Å²) in [6.07, 6.45) is -1.20. The second-order valence-corrected chi connectivity index (χ2v) is 6.38. The number of carbonyl (C=O) groups excluding carboxylic acids is 2. The third-order valence-corrected chi connectivity index (χ3v) is 4.33. The Hall–Kier alpha value is -3.67. The first-order valence-corrected chi connectivity index (χ1v) is 8.95. The Morgan fingerprint density at radius 2 is 1.66 bits per heavy atom. The first-order valence-electron chi connectivity index (χ1n) is 8.95. The molecule has 1 atom stereocenters. The summed E-state index contributed by atoms with van der Waals surface area (Å²) in [4.78, 5) is 25.4. The van der Waals surface area contributed by atoms with Gasteiger partial charge in [-0.3, -0.25) is 4.79 Å². The smallest absolute Gasteiger partial charge is 0.339 e. The maximum absolute atomic E-state index is 13.8. The monoisotopic (exact) mass is 393 g/mol. The van der Waals surface area contributed by atoms with Crippen LogP contribution in [-0.2, 0) is 9.53 Å². The van der Waals surface area contributed by atoms with Crippen molar-refractivity contribution in [3.63, 3.8) is 0 Å². The molecule has 1 amide bonds. The van der Waals surface area contributed by atoms with E-state index in [2.05, 4.69) is 5.32 Å². The van der Waals surface area contributed by atoms with E-state index in [1.165, 1.54) is 12.1 Å². The summed E-state index contributed by atoms with van der Waals surface area (Å²) in [5.41, 5.74) is 1.47. The number of rotatable bonds is 6. The SMILES string of the molecule is COc1ccc(NC(=O)C(OC(=O)c2ccc(C)c(F)c2)c2ccccc2)cc1. The van der Waals surface area contributed by atoms with Crippen LogP contribution >= 0.6 is 0 Å². The summed E-state index contributed by atoms with van der Waals surface area (Å²) < 4.78 is 24.4. The lowest BCUT2D eigenvalue weighted by Crippen LogP contribution is -2.26. The molecule has 0 radical (unpaired) electrons. The number of aryl methyl sites for hydroxylation is 1. The van der Waals surface area contributed by atoms with Crippen LogP contribution in [0.2, 0.25) is 0 Å². The van der Waals surface area contributed by atoms with E-state index in [0.29, 0.717) is 22.6 Å². The highest BCUT2D eigenvalue weighted by Gasteiger charge is 2.26. The number of esters is 1. The number of halogens is 1. The van der Waals surface area contributed by atoms with Crippen LogP contribution in [0.3, 0.4) is 0 Å². The van der Waals surface area contributed by atoms with Crippen LogP contribution in [0.5, 0.6) is 5.75 Å². The van der Waals surface area contributed by atoms with Gasteiger partial charge in [-0.25, -0.2) is 9.18 Å². The van der Waals surface area contributed by atoms with Gasteiger partial charge in [0.25, 0.3) is 5.91 Å². The Kier molecular flexibility index (Phi) is 6.24. The van der Waals surface area contributed by atoms with Crippen LogP contribution < -0.4 is 10.1 Å². The van der Waals surface area contributed by atoms with Crippen LogP contribution in [0.25, 0.3) is 0 Å². The molecule has 0 spiro atoms. The largest absolute Gasteiger partial charge is 0.497 e. The summed E-state index contributed by atoms with van der Waals surface area (Å²) in [5.74, 6) is -1.18. The lowest BCUT2D eigenvalue weighted by Gasteiger charge is -2.18. The van der Waals surface area contributed by atoms with Gasteiger partial charge in [0, 0.05) is 11.3 Å². The molecule has 0 heterocycles. The van der Waals surface area contributed by atoms with Gasteiger partial charge >= 0.3 is 5.97 Å². The second-order valence-electron chi connectivity index (χ2n) is 6.38. The van der Waals surface area contributed by atoms with E-state index in [1.54, 1.807) is 68.6 Å². The lowest BCUT2D eigenvalue weighted by molar-refractivity contribution is -0.125. The topological polar surface area (TPSA) is 64.6 Å². The Labute approximate surface area is 168 Å². The maximum Gasteiger partial charge on any atom is 0.339 e. The van der Waals surface area contributed by atoms with Crippen molar-refractivity contribution in [1.29, 1.82) is 0 Å². The van der Waals surface area contributed by atoms with Crippen LogP contribution in [0.15, 0.2) is 72.8 Å². The molecule has 1 N–H and O–H groups in total. The number of nitrogens with one attached hydrogen (secondary N) is 1. The van der Waals surface area contributed by atoms with Gasteiger partial charge in [0.1, 0.15) is 11.6 Å². The van der Waals surface area contributed by atoms with Gasteiger partial charge in [-0.15, -0.1) is 0 Å². The molecule has 0 aliphatic carbocycles. The van der Waals surface area contributed by atoms with Gasteiger partial charge in [0.05, 0.1) is 12.7 Å². The highest BCUT2D eigenvalue weighted by Crippen LogP contribution is 2.23. The van der Waals surface area contributed by atoms with Crippen molar-refractivity contribution in [2.24, 2.45) is 0 Å². The molecular weight excluding hydrogens is 373 g/mol. The summed E-state index contributed by atoms with van der Waals surface area (Å²) in [7, 11) is 1.55. The molecule has 0 saturated heterocycles. The van der Waals surface area contributed by atoms with E-state index in [1.807, 2.05) is 0 Å². The Morgan fingerprint density at radius 1 is 0.966 bits per heavy atom. The van der Waals surface area contributed by atoms with Crippen LogP contribution in [0.4, 0.5) is 10.1 Å². The molecular formula is C23H20FNO4. The van der Waals surface area contributed by atoms with Gasteiger partial charge in [-0.2, -0.15) is 0 Å². The standard InChI is InChI=1S/C23H20FNO4/c1-15-8-9-17(14-20(15)24)23(27)29-21(16-6-4-3-5-7-16)22(26)25-18-10-12-19(28-2)13-11-18/h3-14,21H,1-2H3,(H,25,26). The highest BCUT2D eigenvalue weighted by atomic mass is 19.1. The van der Waals surface area contributed by atoms with Crippen molar-refractivity contribution in [2.45, 2.75) is 13.0 Å². The van der Waals surface area contributed by atoms with Crippen LogP contribution in [0.1, 0.15) is 27.6 Å². The van der Waals surface area contributed by atoms with E-state index in [9.17, 15) is 14.0 Å². The summed E-state index contributed by atoms with van der Waals surface area (Å²) in [6, 6.07) is 19.4. The van der Waals surface area contributed by atoms with Crippen molar-refractivity contribution in [1.82, 2.24) is 0 Å². The van der Waals surface area contributed by atoms with Crippen molar-refractivity contribution in [2.75, 3.05) is 12.4 Å². The highest BCUT2D eigenvalue weighted by molar-refractivity contribution is 5.98. The molecule has 0 saturated carbocycles. The van der Waals surface area contributed by atoms with Gasteiger partial charge in [-0.05, 0) is 48.9 Å². The number of ether oxygens (including phenoxy) is 2. The van der Waals surface area contributed by atoms with Gasteiger partial charge in [0.15, 0.2) is 0 Å². The molecule has 0 fully saturated rings. The Balaban J connectivity index is 1.83. The lowest BCUT2D eigenvalue weighted by atomic mass is 10.1. The first kappa shape index (κ1) is 20.1. The molecule has 29 heavy (non-hydrogen) atoms. The van der Waals surface area contributed by atoms with Crippen molar-refractivity contribution >= 4 is 17.6 Å². The zero-order valence-corrected chi connectivity index (χ0v) is 16.0. The molecule has 0 aliphatic rings. The number of hydrogen-bond donors (Lipinski definition) is 1. The number of methoxy groups -OCH3 is 1. The van der Waals surface area contributed by atoms with E-state index >= 15 is 0 Å². The molecule has 1 unspecified atom stereocenters. The van der Waals surface area contributed by atoms with Crippen LogP contribution in [0, 0.1) is 12.7 Å². The average molecular weight is 393 g/mol. The van der Waals surface area contributed by atoms with Gasteiger partial charge < -0.3 is 14.8 Å². The Bertz CT molecular complexity index is 1000. The fourth-order valence-electron chi connectivity index (χ4n) is 2.68. The predicted molar refractivity (Wildman–Crippen MR) is 107 cm³/mol. The molecule has 0 bridgehead atoms. The molecule has 6 heteroatoms. The minimum Gasteiger partial charge on any atom is -0.497 e. The predicted octanol–water partition coefficient (Wildman–Crippen LogP) is 4.68. The molecule has 3 rings (SSSR count). The summed E-state index contributed by atoms with van der Waals surface area (Å²) >= 11 is 0. The minimum absolute atomic E-state index is 0.0336. The summed E-state index contributed by atoms with van der Waals surface area (Å²) in [5, 5.41) is 2.72. The molecule has 0 aliphatic heterocycles. The van der Waals surface area contributed by atoms with E-state index < -0.39 is 23.8 Å². The van der Waals surface area contributed by atoms with E-state index in [4.69, 9.17) is 9.47 Å². The van der Waals surface area contributed by atoms with E-state index in [-0.39, 0.29) is 5.56 Å². The van der Waals surface area contributed by atoms with Crippen LogP contribution in [-0.4, -0.2) is 19.0 Å². The van der Waals surface area contributed by atoms with Gasteiger partial charge in [0.2, 0.25) is 6.10 Å². The number of amides is 1. The third kappa shape index (κ3) is 4.99. The maximum atomic E-state index is 13.8. The quantitative estimate of drug-likeness (QED) is 0.618. The van der Waals surface area contributed by atoms with Gasteiger partial charge in [-0.1, -0.05) is 36.4 Å². The Morgan fingerprint density at radius 3 is 2.28 bits per heavy atom. The van der Waals surface area contributed by atoms with Crippen molar-refractivity contribution < 1.29 is 23.5 Å². The molecule has 5 nitrogen and oxygen atoms in total. The molecule has 3 aromatic rings. The number of hydrogen-bond acceptors (Lipinski definition) is 4. The fourth-order valence-corrected chi connectivity index (χ4v) is 2.68. The van der Waals surface area contributed by atoms with Crippen molar-refractivity contribution in [3.8, 4) is 5.75 Å². The first-order chi connectivity index (χ1) is 14.0. The van der Waals surface area contributed by atoms with E-state index in [0.717, 1.165) is 6.07 Å². The second kappa shape index (κ2) is 9.01. The number of benzene rings is 3. The normalized spacial score (nSPS) is 11.4. The van der Waals surface area contributed by atoms with Crippen molar-refractivity contribution in [3.05, 3.63) is 95.3 Å². The minimum atomic E-state index is -1.20. The summed E-state index contributed by atoms with van der Waals surface area (Å²) in [6.45, 7) is 1.60. The average Bonchev–Trinajstić information content (AvgIpc) is 2.74. The zero-order valence-electron chi connectivity index (χ0n) is 16.0. The number of carbonyl (C=O) groups is 2. The molecule has 148 valence electrons.